The van der Waals surface area contributed by atoms with Crippen molar-refractivity contribution in [3.63, 3.8) is 0 Å². The van der Waals surface area contributed by atoms with Crippen LogP contribution in [-0.2, 0) is 23.7 Å². The molecule has 0 aromatic heterocycles. The summed E-state index contributed by atoms with van der Waals surface area (Å²) in [5.74, 6) is -0.273. The minimum atomic E-state index is -0.960. The van der Waals surface area contributed by atoms with E-state index in [2.05, 4.69) is 5.32 Å². The van der Waals surface area contributed by atoms with Crippen LogP contribution in [0.5, 0.6) is 0 Å². The second kappa shape index (κ2) is 6.94. The van der Waals surface area contributed by atoms with E-state index in [9.17, 15) is 9.90 Å². The Hall–Kier alpha value is -1.51. The van der Waals surface area contributed by atoms with Crippen molar-refractivity contribution in [2.24, 2.45) is 0 Å². The number of hydrogen-bond donors (Lipinski definition) is 2. The Labute approximate surface area is 134 Å². The first-order valence-electron chi connectivity index (χ1n) is 7.55. The molecule has 0 aliphatic carbocycles. The molecule has 2 fully saturated rings. The number of benzene rings is 1. The Kier molecular flexibility index (Phi) is 4.93. The molecule has 1 aromatic carbocycles. The first kappa shape index (κ1) is 16.4. The van der Waals surface area contributed by atoms with E-state index in [1.165, 1.54) is 14.0 Å². The highest BCUT2D eigenvalue weighted by Crippen LogP contribution is 2.34. The zero-order chi connectivity index (χ0) is 16.4. The Morgan fingerprint density at radius 3 is 2.70 bits per heavy atom. The number of nitrogens with one attached hydrogen (secondary N) is 1. The lowest BCUT2D eigenvalue weighted by molar-refractivity contribution is -0.341. The van der Waals surface area contributed by atoms with Crippen molar-refractivity contribution >= 4 is 5.91 Å². The van der Waals surface area contributed by atoms with Crippen LogP contribution < -0.4 is 5.32 Å². The summed E-state index contributed by atoms with van der Waals surface area (Å²) >= 11 is 0. The first-order valence-corrected chi connectivity index (χ1v) is 7.55. The van der Waals surface area contributed by atoms with Crippen molar-refractivity contribution in [1.29, 1.82) is 0 Å². The highest BCUT2D eigenvalue weighted by molar-refractivity contribution is 5.73. The molecule has 0 saturated carbocycles. The van der Waals surface area contributed by atoms with Gasteiger partial charge < -0.3 is 29.4 Å². The molecular weight excluding hydrogens is 302 g/mol. The van der Waals surface area contributed by atoms with Crippen LogP contribution in [0.15, 0.2) is 30.3 Å². The predicted molar refractivity (Wildman–Crippen MR) is 79.3 cm³/mol. The van der Waals surface area contributed by atoms with Gasteiger partial charge in [-0.1, -0.05) is 30.3 Å². The molecule has 0 bridgehead atoms. The predicted octanol–water partition coefficient (Wildman–Crippen LogP) is 0.337. The molecule has 126 valence electrons. The van der Waals surface area contributed by atoms with Gasteiger partial charge in [-0.15, -0.1) is 0 Å². The minimum Gasteiger partial charge on any atom is -0.388 e. The standard InChI is InChI=1S/C16H21NO6/c1-9(18)17-12-13(19)14-11(22-16(12)20-2)8-21-15(23-14)10-6-4-3-5-7-10/h3-7,11-16,19H,8H2,1-2H3,(H,17,18)/t11-,12-,13+,14-,15?,16+/m1/s1. The van der Waals surface area contributed by atoms with E-state index in [-0.39, 0.29) is 12.5 Å². The van der Waals surface area contributed by atoms with Gasteiger partial charge in [-0.05, 0) is 0 Å². The third-order valence-corrected chi connectivity index (χ3v) is 4.04. The zero-order valence-corrected chi connectivity index (χ0v) is 13.0. The largest absolute Gasteiger partial charge is 0.388 e. The molecule has 0 radical (unpaired) electrons. The molecule has 2 aliphatic rings. The highest BCUT2D eigenvalue weighted by Gasteiger charge is 2.49. The molecule has 0 spiro atoms. The second-order valence-electron chi connectivity index (χ2n) is 5.67. The van der Waals surface area contributed by atoms with Crippen LogP contribution in [0.4, 0.5) is 0 Å². The van der Waals surface area contributed by atoms with Crippen LogP contribution in [0.3, 0.4) is 0 Å². The number of aliphatic hydroxyl groups excluding tert-OH is 1. The highest BCUT2D eigenvalue weighted by atomic mass is 16.7. The van der Waals surface area contributed by atoms with E-state index in [4.69, 9.17) is 18.9 Å². The number of hydrogen-bond acceptors (Lipinski definition) is 6. The zero-order valence-electron chi connectivity index (χ0n) is 13.0. The van der Waals surface area contributed by atoms with Crippen LogP contribution in [0.2, 0.25) is 0 Å². The molecule has 2 saturated heterocycles. The van der Waals surface area contributed by atoms with Crippen LogP contribution in [-0.4, -0.2) is 55.4 Å². The molecule has 2 aliphatic heterocycles. The number of carbonyl (C=O) groups excluding carboxylic acids is 1. The third-order valence-electron chi connectivity index (χ3n) is 4.04. The number of carbonyl (C=O) groups is 1. The maximum atomic E-state index is 11.4. The third kappa shape index (κ3) is 3.39. The van der Waals surface area contributed by atoms with Crippen molar-refractivity contribution in [1.82, 2.24) is 5.32 Å². The average Bonchev–Trinajstić information content (AvgIpc) is 2.57. The molecule has 23 heavy (non-hydrogen) atoms. The number of rotatable bonds is 3. The van der Waals surface area contributed by atoms with E-state index in [0.717, 1.165) is 5.56 Å². The number of amides is 1. The van der Waals surface area contributed by atoms with Crippen LogP contribution in [0.25, 0.3) is 0 Å². The topological polar surface area (TPSA) is 86.2 Å². The van der Waals surface area contributed by atoms with E-state index < -0.39 is 36.9 Å². The quantitative estimate of drug-likeness (QED) is 0.834. The van der Waals surface area contributed by atoms with Gasteiger partial charge in [-0.2, -0.15) is 0 Å². The van der Waals surface area contributed by atoms with Gasteiger partial charge in [-0.3, -0.25) is 4.79 Å². The molecule has 1 aromatic rings. The number of aliphatic hydroxyl groups is 1. The SMILES string of the molecule is CO[C@H]1O[C@@H]2COC(c3ccccc3)O[C@H]2[C@@H](O)[C@H]1NC(C)=O. The fourth-order valence-corrected chi connectivity index (χ4v) is 2.96. The number of methoxy groups -OCH3 is 1. The Morgan fingerprint density at radius 1 is 1.30 bits per heavy atom. The van der Waals surface area contributed by atoms with E-state index in [1.54, 1.807) is 0 Å². The molecule has 7 heteroatoms. The second-order valence-corrected chi connectivity index (χ2v) is 5.67. The summed E-state index contributed by atoms with van der Waals surface area (Å²) in [7, 11) is 1.46. The lowest BCUT2D eigenvalue weighted by Crippen LogP contribution is -2.66. The normalized spacial score (nSPS) is 37.0. The van der Waals surface area contributed by atoms with Crippen LogP contribution in [0, 0.1) is 0 Å². The van der Waals surface area contributed by atoms with Crippen molar-refractivity contribution in [3.05, 3.63) is 35.9 Å². The molecule has 1 unspecified atom stereocenters. The maximum Gasteiger partial charge on any atom is 0.217 e. The molecule has 6 atom stereocenters. The number of ether oxygens (including phenoxy) is 4. The van der Waals surface area contributed by atoms with E-state index >= 15 is 0 Å². The van der Waals surface area contributed by atoms with Gasteiger partial charge in [-0.25, -0.2) is 0 Å². The molecule has 1 amide bonds. The van der Waals surface area contributed by atoms with Crippen molar-refractivity contribution in [2.45, 2.75) is 43.9 Å². The molecule has 2 heterocycles. The van der Waals surface area contributed by atoms with Gasteiger partial charge in [0.2, 0.25) is 5.91 Å². The fourth-order valence-electron chi connectivity index (χ4n) is 2.96. The van der Waals surface area contributed by atoms with E-state index in [1.807, 2.05) is 30.3 Å². The molecule has 7 nitrogen and oxygen atoms in total. The summed E-state index contributed by atoms with van der Waals surface area (Å²) in [6.07, 6.45) is -3.36. The van der Waals surface area contributed by atoms with Gasteiger partial charge in [0.25, 0.3) is 0 Å². The summed E-state index contributed by atoms with van der Waals surface area (Å²) in [6.45, 7) is 1.65. The first-order chi connectivity index (χ1) is 11.1. The summed E-state index contributed by atoms with van der Waals surface area (Å²) in [6, 6.07) is 8.78. The van der Waals surface area contributed by atoms with Crippen LogP contribution in [0.1, 0.15) is 18.8 Å². The lowest BCUT2D eigenvalue weighted by atomic mass is 9.95. The smallest absolute Gasteiger partial charge is 0.217 e. The van der Waals surface area contributed by atoms with E-state index in [0.29, 0.717) is 0 Å². The van der Waals surface area contributed by atoms with Crippen molar-refractivity contribution < 1.29 is 28.8 Å². The molecule has 2 N–H and O–H groups in total. The molecular formula is C16H21NO6. The Bertz CT molecular complexity index is 539. The van der Waals surface area contributed by atoms with Crippen molar-refractivity contribution in [2.75, 3.05) is 13.7 Å². The summed E-state index contributed by atoms with van der Waals surface area (Å²) in [5.41, 5.74) is 0.864. The van der Waals surface area contributed by atoms with Gasteiger partial charge in [0, 0.05) is 19.6 Å². The average molecular weight is 323 g/mol. The van der Waals surface area contributed by atoms with Gasteiger partial charge >= 0.3 is 0 Å². The van der Waals surface area contributed by atoms with Crippen LogP contribution >= 0.6 is 0 Å². The minimum absolute atomic E-state index is 0.272. The monoisotopic (exact) mass is 323 g/mol. The van der Waals surface area contributed by atoms with Gasteiger partial charge in [0.1, 0.15) is 24.4 Å². The lowest BCUT2D eigenvalue weighted by Gasteiger charge is -2.47. The Balaban J connectivity index is 1.76. The number of fused-ring (bicyclic) bond motifs is 1. The van der Waals surface area contributed by atoms with Gasteiger partial charge in [0.15, 0.2) is 12.6 Å². The maximum absolute atomic E-state index is 11.4. The summed E-state index contributed by atoms with van der Waals surface area (Å²) < 4.78 is 22.6. The fraction of sp³-hybridized carbons (Fsp3) is 0.562. The summed E-state index contributed by atoms with van der Waals surface area (Å²) in [5, 5.41) is 13.3. The Morgan fingerprint density at radius 2 is 2.04 bits per heavy atom. The van der Waals surface area contributed by atoms with Crippen molar-refractivity contribution in [3.8, 4) is 0 Å². The molecule has 3 rings (SSSR count). The van der Waals surface area contributed by atoms with Gasteiger partial charge in [0.05, 0.1) is 6.61 Å². The summed E-state index contributed by atoms with van der Waals surface area (Å²) in [4.78, 5) is 11.4.